The fourth-order valence-electron chi connectivity index (χ4n) is 3.60. The van der Waals surface area contributed by atoms with E-state index in [1.165, 1.54) is 27.7 Å². The zero-order valence-corrected chi connectivity index (χ0v) is 13.2. The monoisotopic (exact) mass is 278 g/mol. The summed E-state index contributed by atoms with van der Waals surface area (Å²) in [5, 5.41) is 5.14. The third-order valence-corrected chi connectivity index (χ3v) is 3.93. The van der Waals surface area contributed by atoms with Crippen LogP contribution in [0.15, 0.2) is 18.2 Å². The van der Waals surface area contributed by atoms with Crippen LogP contribution in [0.3, 0.4) is 0 Å². The van der Waals surface area contributed by atoms with Crippen LogP contribution in [0.1, 0.15) is 44.5 Å². The lowest BCUT2D eigenvalue weighted by atomic mass is 9.80. The molecule has 0 saturated heterocycles. The van der Waals surface area contributed by atoms with Crippen LogP contribution < -0.4 is 5.32 Å². The molecule has 3 heteroatoms. The number of aromatic amines is 1. The summed E-state index contributed by atoms with van der Waals surface area (Å²) in [6, 6.07) is 6.67. The standard InChI is InChI=1S/C16H22N2.ClH/c1-10-6-7-12-11(8-10)14-13(17-12)9-15(2,3)18-16(14,4)5;/h6-8,17-18H,9H2,1-5H3;1H. The van der Waals surface area contributed by atoms with Crippen molar-refractivity contribution in [3.05, 3.63) is 35.0 Å². The van der Waals surface area contributed by atoms with E-state index in [-0.39, 0.29) is 23.5 Å². The molecule has 2 nitrogen and oxygen atoms in total. The molecule has 0 unspecified atom stereocenters. The minimum atomic E-state index is 0. The number of halogens is 1. The van der Waals surface area contributed by atoms with Crippen LogP contribution in [0.2, 0.25) is 0 Å². The number of H-pyrrole nitrogens is 1. The van der Waals surface area contributed by atoms with Crippen molar-refractivity contribution < 1.29 is 0 Å². The second-order valence-corrected chi connectivity index (χ2v) is 6.84. The molecule has 0 fully saturated rings. The molecular formula is C16H23ClN2. The van der Waals surface area contributed by atoms with Gasteiger partial charge in [0.15, 0.2) is 0 Å². The molecule has 1 aromatic carbocycles. The highest BCUT2D eigenvalue weighted by Gasteiger charge is 2.38. The quantitative estimate of drug-likeness (QED) is 0.747. The number of aromatic nitrogens is 1. The minimum absolute atomic E-state index is 0. The molecule has 1 aliphatic heterocycles. The number of hydrogen-bond donors (Lipinski definition) is 2. The molecule has 0 amide bonds. The fraction of sp³-hybridized carbons (Fsp3) is 0.500. The van der Waals surface area contributed by atoms with Gasteiger partial charge in [0.1, 0.15) is 0 Å². The van der Waals surface area contributed by atoms with Gasteiger partial charge in [0.25, 0.3) is 0 Å². The van der Waals surface area contributed by atoms with Crippen LogP contribution in [-0.2, 0) is 12.0 Å². The summed E-state index contributed by atoms with van der Waals surface area (Å²) in [6.45, 7) is 11.3. The van der Waals surface area contributed by atoms with Crippen LogP contribution in [-0.4, -0.2) is 10.5 Å². The largest absolute Gasteiger partial charge is 0.358 e. The Morgan fingerprint density at radius 3 is 2.47 bits per heavy atom. The minimum Gasteiger partial charge on any atom is -0.358 e. The molecule has 0 atom stereocenters. The van der Waals surface area contributed by atoms with Gasteiger partial charge in [-0.1, -0.05) is 11.6 Å². The summed E-state index contributed by atoms with van der Waals surface area (Å²) in [5.74, 6) is 0. The Balaban J connectivity index is 0.00000133. The van der Waals surface area contributed by atoms with Gasteiger partial charge in [-0.2, -0.15) is 0 Å². The van der Waals surface area contributed by atoms with Gasteiger partial charge in [-0.05, 0) is 46.8 Å². The van der Waals surface area contributed by atoms with Crippen LogP contribution in [0.4, 0.5) is 0 Å². The Bertz CT molecular complexity index is 623. The Morgan fingerprint density at radius 2 is 1.79 bits per heavy atom. The molecule has 2 aromatic rings. The number of rotatable bonds is 0. The summed E-state index contributed by atoms with van der Waals surface area (Å²) >= 11 is 0. The molecular weight excluding hydrogens is 256 g/mol. The van der Waals surface area contributed by atoms with Crippen LogP contribution >= 0.6 is 12.4 Å². The Morgan fingerprint density at radius 1 is 1.11 bits per heavy atom. The molecule has 0 radical (unpaired) electrons. The predicted molar refractivity (Wildman–Crippen MR) is 84.2 cm³/mol. The third kappa shape index (κ3) is 2.28. The van der Waals surface area contributed by atoms with E-state index in [0.717, 1.165) is 6.42 Å². The Labute approximate surface area is 121 Å². The molecule has 1 aromatic heterocycles. The SMILES string of the molecule is Cc1ccc2[nH]c3c(c2c1)C(C)(C)NC(C)(C)C3.Cl. The van der Waals surface area contributed by atoms with E-state index in [4.69, 9.17) is 0 Å². The zero-order chi connectivity index (χ0) is 13.1. The molecule has 0 bridgehead atoms. The van der Waals surface area contributed by atoms with Gasteiger partial charge < -0.3 is 10.3 Å². The summed E-state index contributed by atoms with van der Waals surface area (Å²) in [4.78, 5) is 3.61. The summed E-state index contributed by atoms with van der Waals surface area (Å²) in [5.41, 5.74) is 5.59. The van der Waals surface area contributed by atoms with Crippen LogP contribution in [0.25, 0.3) is 10.9 Å². The molecule has 0 aliphatic carbocycles. The molecule has 2 heterocycles. The second-order valence-electron chi connectivity index (χ2n) is 6.84. The molecule has 0 spiro atoms. The van der Waals surface area contributed by atoms with E-state index in [9.17, 15) is 0 Å². The van der Waals surface area contributed by atoms with Gasteiger partial charge in [-0.15, -0.1) is 12.4 Å². The topological polar surface area (TPSA) is 27.8 Å². The Kier molecular flexibility index (Phi) is 3.23. The van der Waals surface area contributed by atoms with E-state index < -0.39 is 0 Å². The smallest absolute Gasteiger partial charge is 0.0459 e. The molecule has 19 heavy (non-hydrogen) atoms. The summed E-state index contributed by atoms with van der Waals surface area (Å²) in [7, 11) is 0. The van der Waals surface area contributed by atoms with Gasteiger partial charge in [0.2, 0.25) is 0 Å². The van der Waals surface area contributed by atoms with Crippen molar-refractivity contribution in [3.8, 4) is 0 Å². The van der Waals surface area contributed by atoms with Crippen molar-refractivity contribution in [3.63, 3.8) is 0 Å². The first-order chi connectivity index (χ1) is 8.28. The number of aryl methyl sites for hydroxylation is 1. The van der Waals surface area contributed by atoms with Gasteiger partial charge >= 0.3 is 0 Å². The van der Waals surface area contributed by atoms with Crippen molar-refractivity contribution in [1.82, 2.24) is 10.3 Å². The maximum atomic E-state index is 3.77. The van der Waals surface area contributed by atoms with E-state index in [1.54, 1.807) is 0 Å². The fourth-order valence-corrected chi connectivity index (χ4v) is 3.60. The van der Waals surface area contributed by atoms with Gasteiger partial charge in [-0.3, -0.25) is 0 Å². The first-order valence-corrected chi connectivity index (χ1v) is 6.70. The number of fused-ring (bicyclic) bond motifs is 3. The van der Waals surface area contributed by atoms with Crippen molar-refractivity contribution in [1.29, 1.82) is 0 Å². The first kappa shape index (κ1) is 14.4. The van der Waals surface area contributed by atoms with E-state index >= 15 is 0 Å². The lowest BCUT2D eigenvalue weighted by Gasteiger charge is -2.42. The molecule has 1 aliphatic rings. The maximum Gasteiger partial charge on any atom is 0.0459 e. The van der Waals surface area contributed by atoms with Crippen molar-refractivity contribution in [2.45, 2.75) is 52.1 Å². The highest BCUT2D eigenvalue weighted by atomic mass is 35.5. The van der Waals surface area contributed by atoms with Crippen LogP contribution in [0, 0.1) is 6.92 Å². The number of benzene rings is 1. The van der Waals surface area contributed by atoms with Gasteiger partial charge in [0.05, 0.1) is 0 Å². The molecule has 104 valence electrons. The lowest BCUT2D eigenvalue weighted by molar-refractivity contribution is 0.242. The maximum absolute atomic E-state index is 3.77. The third-order valence-electron chi connectivity index (χ3n) is 3.93. The predicted octanol–water partition coefficient (Wildman–Crippen LogP) is 4.06. The molecule has 0 saturated carbocycles. The highest BCUT2D eigenvalue weighted by molar-refractivity contribution is 5.86. The van der Waals surface area contributed by atoms with E-state index in [1.807, 2.05) is 0 Å². The number of hydrogen-bond acceptors (Lipinski definition) is 1. The van der Waals surface area contributed by atoms with Gasteiger partial charge in [0, 0.05) is 39.7 Å². The van der Waals surface area contributed by atoms with E-state index in [2.05, 4.69) is 63.1 Å². The van der Waals surface area contributed by atoms with Crippen LogP contribution in [0.5, 0.6) is 0 Å². The van der Waals surface area contributed by atoms with Crippen molar-refractivity contribution in [2.75, 3.05) is 0 Å². The van der Waals surface area contributed by atoms with Gasteiger partial charge in [-0.25, -0.2) is 0 Å². The molecule has 2 N–H and O–H groups in total. The van der Waals surface area contributed by atoms with Crippen molar-refractivity contribution in [2.24, 2.45) is 0 Å². The summed E-state index contributed by atoms with van der Waals surface area (Å²) in [6.07, 6.45) is 1.06. The first-order valence-electron chi connectivity index (χ1n) is 6.70. The second kappa shape index (κ2) is 4.26. The van der Waals surface area contributed by atoms with E-state index in [0.29, 0.717) is 0 Å². The highest BCUT2D eigenvalue weighted by Crippen LogP contribution is 2.39. The Hall–Kier alpha value is -0.990. The lowest BCUT2D eigenvalue weighted by Crippen LogP contribution is -2.55. The number of nitrogens with one attached hydrogen (secondary N) is 2. The summed E-state index contributed by atoms with van der Waals surface area (Å²) < 4.78 is 0. The van der Waals surface area contributed by atoms with Crippen molar-refractivity contribution >= 4 is 23.3 Å². The average molecular weight is 279 g/mol. The molecule has 3 rings (SSSR count). The average Bonchev–Trinajstić information content (AvgIpc) is 2.51. The zero-order valence-electron chi connectivity index (χ0n) is 12.3. The normalized spacial score (nSPS) is 19.8.